The predicted molar refractivity (Wildman–Crippen MR) is 97.5 cm³/mol. The third kappa shape index (κ3) is 3.58. The number of anilines is 1. The van der Waals surface area contributed by atoms with E-state index in [2.05, 4.69) is 20.7 Å². The van der Waals surface area contributed by atoms with Crippen molar-refractivity contribution in [3.05, 3.63) is 77.9 Å². The summed E-state index contributed by atoms with van der Waals surface area (Å²) in [4.78, 5) is 25.4. The number of hydrogen-bond donors (Lipinski definition) is 1. The third-order valence-electron chi connectivity index (χ3n) is 3.97. The van der Waals surface area contributed by atoms with E-state index in [9.17, 15) is 9.59 Å². The van der Waals surface area contributed by atoms with Gasteiger partial charge in [0.05, 0.1) is 5.56 Å². The van der Waals surface area contributed by atoms with Gasteiger partial charge in [0.25, 0.3) is 5.91 Å². The summed E-state index contributed by atoms with van der Waals surface area (Å²) >= 11 is 0. The molecule has 3 aromatic heterocycles. The maximum absolute atomic E-state index is 12.8. The van der Waals surface area contributed by atoms with E-state index in [-0.39, 0.29) is 11.4 Å². The number of ether oxygens (including phenoxy) is 1. The Balaban J connectivity index is 1.59. The van der Waals surface area contributed by atoms with Crippen LogP contribution in [0.5, 0.6) is 0 Å². The number of rotatable bonds is 5. The molecular weight excluding hydrogens is 362 g/mol. The Labute approximate surface area is 158 Å². The monoisotopic (exact) mass is 377 g/mol. The van der Waals surface area contributed by atoms with E-state index in [1.807, 2.05) is 0 Å². The Morgan fingerprint density at radius 2 is 2.00 bits per heavy atom. The molecule has 0 saturated heterocycles. The lowest BCUT2D eigenvalue weighted by Crippen LogP contribution is -2.26. The molecule has 1 unspecified atom stereocenters. The van der Waals surface area contributed by atoms with Crippen LogP contribution >= 0.6 is 0 Å². The molecule has 1 amide bonds. The number of carbonyl (C=O) groups is 2. The van der Waals surface area contributed by atoms with E-state index in [4.69, 9.17) is 9.26 Å². The molecule has 1 atom stereocenters. The molecule has 0 aliphatic carbocycles. The van der Waals surface area contributed by atoms with Crippen molar-refractivity contribution in [2.24, 2.45) is 0 Å². The second-order valence-corrected chi connectivity index (χ2v) is 6.02. The van der Waals surface area contributed by atoms with Gasteiger partial charge in [-0.15, -0.1) is 10.2 Å². The Hall–Kier alpha value is -4.01. The quantitative estimate of drug-likeness (QED) is 0.532. The van der Waals surface area contributed by atoms with Crippen LogP contribution in [0.4, 0.5) is 5.82 Å². The first kappa shape index (κ1) is 17.4. The SMILES string of the molecule is Cc1cc(NC(=O)C(OC(=O)c2ccc3nncn3c2)c2ccccc2)no1. The fourth-order valence-electron chi connectivity index (χ4n) is 2.64. The van der Waals surface area contributed by atoms with E-state index >= 15 is 0 Å². The summed E-state index contributed by atoms with van der Waals surface area (Å²) in [7, 11) is 0. The van der Waals surface area contributed by atoms with E-state index in [0.717, 1.165) is 0 Å². The number of aryl methyl sites for hydroxylation is 1. The Morgan fingerprint density at radius 3 is 2.75 bits per heavy atom. The lowest BCUT2D eigenvalue weighted by Gasteiger charge is -2.17. The zero-order valence-electron chi connectivity index (χ0n) is 14.8. The van der Waals surface area contributed by atoms with Crippen LogP contribution in [0.1, 0.15) is 27.8 Å². The van der Waals surface area contributed by atoms with Gasteiger partial charge in [0.1, 0.15) is 12.1 Å². The van der Waals surface area contributed by atoms with Crippen molar-refractivity contribution in [1.29, 1.82) is 0 Å². The normalized spacial score (nSPS) is 11.9. The first-order chi connectivity index (χ1) is 13.6. The fourth-order valence-corrected chi connectivity index (χ4v) is 2.64. The van der Waals surface area contributed by atoms with Crippen molar-refractivity contribution in [1.82, 2.24) is 19.8 Å². The minimum Gasteiger partial charge on any atom is -0.444 e. The minimum atomic E-state index is -1.16. The molecule has 0 radical (unpaired) electrons. The summed E-state index contributed by atoms with van der Waals surface area (Å²) in [5.74, 6) is -0.412. The number of hydrogen-bond acceptors (Lipinski definition) is 7. The molecular formula is C19H15N5O4. The number of fused-ring (bicyclic) bond motifs is 1. The molecule has 1 N–H and O–H groups in total. The minimum absolute atomic E-state index is 0.241. The van der Waals surface area contributed by atoms with Gasteiger partial charge in [-0.1, -0.05) is 35.5 Å². The molecule has 0 aliphatic rings. The highest BCUT2D eigenvalue weighted by Crippen LogP contribution is 2.22. The molecule has 0 spiro atoms. The number of carbonyl (C=O) groups excluding carboxylic acids is 2. The Morgan fingerprint density at radius 1 is 1.18 bits per heavy atom. The van der Waals surface area contributed by atoms with Crippen LogP contribution in [0.25, 0.3) is 5.65 Å². The number of benzene rings is 1. The second-order valence-electron chi connectivity index (χ2n) is 6.02. The first-order valence-corrected chi connectivity index (χ1v) is 8.39. The second kappa shape index (κ2) is 7.31. The summed E-state index contributed by atoms with van der Waals surface area (Å²) in [6, 6.07) is 13.5. The zero-order chi connectivity index (χ0) is 19.5. The van der Waals surface area contributed by atoms with Crippen LogP contribution in [0.15, 0.2) is 65.6 Å². The summed E-state index contributed by atoms with van der Waals surface area (Å²) in [6.07, 6.45) is 1.85. The highest BCUT2D eigenvalue weighted by molar-refractivity contribution is 5.97. The van der Waals surface area contributed by atoms with Gasteiger partial charge < -0.3 is 14.6 Å². The van der Waals surface area contributed by atoms with Crippen LogP contribution in [-0.2, 0) is 9.53 Å². The summed E-state index contributed by atoms with van der Waals surface area (Å²) in [5, 5.41) is 14.0. The molecule has 0 saturated carbocycles. The summed E-state index contributed by atoms with van der Waals surface area (Å²) in [5.41, 5.74) is 1.38. The topological polar surface area (TPSA) is 112 Å². The van der Waals surface area contributed by atoms with Crippen LogP contribution in [0.3, 0.4) is 0 Å². The van der Waals surface area contributed by atoms with Crippen molar-refractivity contribution in [3.8, 4) is 0 Å². The lowest BCUT2D eigenvalue weighted by atomic mass is 10.1. The molecule has 4 aromatic rings. The Bertz CT molecular complexity index is 1140. The van der Waals surface area contributed by atoms with Crippen LogP contribution < -0.4 is 5.32 Å². The lowest BCUT2D eigenvalue weighted by molar-refractivity contribution is -0.125. The third-order valence-corrected chi connectivity index (χ3v) is 3.97. The fraction of sp³-hybridized carbons (Fsp3) is 0.105. The van der Waals surface area contributed by atoms with Gasteiger partial charge in [0, 0.05) is 17.8 Å². The standard InChI is InChI=1S/C19H15N5O4/c1-12-9-15(23-28-12)21-18(25)17(13-5-3-2-4-6-13)27-19(26)14-7-8-16-22-20-11-24(16)10-14/h2-11,17H,1H3,(H,21,23,25). The molecule has 4 rings (SSSR count). The van der Waals surface area contributed by atoms with Gasteiger partial charge in [-0.25, -0.2) is 4.79 Å². The molecule has 9 nitrogen and oxygen atoms in total. The van der Waals surface area contributed by atoms with E-state index in [1.54, 1.807) is 66.1 Å². The Kier molecular flexibility index (Phi) is 4.55. The predicted octanol–water partition coefficient (Wildman–Crippen LogP) is 2.56. The highest BCUT2D eigenvalue weighted by atomic mass is 16.5. The van der Waals surface area contributed by atoms with Crippen molar-refractivity contribution >= 4 is 23.3 Å². The van der Waals surface area contributed by atoms with E-state index in [1.165, 1.54) is 6.33 Å². The smallest absolute Gasteiger partial charge is 0.340 e. The van der Waals surface area contributed by atoms with Crippen LogP contribution in [0.2, 0.25) is 0 Å². The van der Waals surface area contributed by atoms with Crippen molar-refractivity contribution in [3.63, 3.8) is 0 Å². The van der Waals surface area contributed by atoms with Gasteiger partial charge in [-0.05, 0) is 19.1 Å². The molecule has 0 bridgehead atoms. The van der Waals surface area contributed by atoms with Gasteiger partial charge in [-0.2, -0.15) is 0 Å². The largest absolute Gasteiger partial charge is 0.444 e. The average Bonchev–Trinajstić information content (AvgIpc) is 3.34. The highest BCUT2D eigenvalue weighted by Gasteiger charge is 2.26. The van der Waals surface area contributed by atoms with Crippen molar-refractivity contribution in [2.45, 2.75) is 13.0 Å². The molecule has 140 valence electrons. The number of nitrogens with zero attached hydrogens (tertiary/aromatic N) is 4. The first-order valence-electron chi connectivity index (χ1n) is 8.39. The van der Waals surface area contributed by atoms with Crippen LogP contribution in [0, 0.1) is 6.92 Å². The number of aromatic nitrogens is 4. The van der Waals surface area contributed by atoms with Gasteiger partial charge in [0.2, 0.25) is 6.10 Å². The number of esters is 1. The molecule has 3 heterocycles. The number of amides is 1. The average molecular weight is 377 g/mol. The van der Waals surface area contributed by atoms with E-state index < -0.39 is 18.0 Å². The van der Waals surface area contributed by atoms with E-state index in [0.29, 0.717) is 17.0 Å². The maximum atomic E-state index is 12.8. The number of nitrogens with one attached hydrogen (secondary N) is 1. The molecule has 28 heavy (non-hydrogen) atoms. The molecule has 1 aromatic carbocycles. The number of pyridine rings is 1. The van der Waals surface area contributed by atoms with Crippen molar-refractivity contribution < 1.29 is 18.8 Å². The van der Waals surface area contributed by atoms with Gasteiger partial charge >= 0.3 is 5.97 Å². The maximum Gasteiger partial charge on any atom is 0.340 e. The molecule has 0 aliphatic heterocycles. The summed E-state index contributed by atoms with van der Waals surface area (Å²) in [6.45, 7) is 1.71. The van der Waals surface area contributed by atoms with Crippen LogP contribution in [-0.4, -0.2) is 31.6 Å². The molecule has 9 heteroatoms. The van der Waals surface area contributed by atoms with Crippen molar-refractivity contribution in [2.75, 3.05) is 5.32 Å². The zero-order valence-corrected chi connectivity index (χ0v) is 14.8. The summed E-state index contributed by atoms with van der Waals surface area (Å²) < 4.78 is 12.1. The van der Waals surface area contributed by atoms with Gasteiger partial charge in [0.15, 0.2) is 11.5 Å². The molecule has 0 fully saturated rings. The van der Waals surface area contributed by atoms with Gasteiger partial charge in [-0.3, -0.25) is 9.20 Å².